The molecule has 0 spiro atoms. The highest BCUT2D eigenvalue weighted by Gasteiger charge is 2.32. The summed E-state index contributed by atoms with van der Waals surface area (Å²) < 4.78 is 7.12. The van der Waals surface area contributed by atoms with Gasteiger partial charge in [-0.15, -0.1) is 10.2 Å². The zero-order valence-electron chi connectivity index (χ0n) is 14.9. The summed E-state index contributed by atoms with van der Waals surface area (Å²) in [7, 11) is 0. The molecular formula is C19H18ClN5O2. The van der Waals surface area contributed by atoms with Crippen LogP contribution in [0.15, 0.2) is 36.4 Å². The standard InChI is InChI=1S/C19H18ClN5O2/c1-3-27-13-6-4-12(5-7-13)14-10-17(26)21-19-18(14)11(2)24-25(19)16-9-8-15(20)22-23-16/h4-9,14H,3,10H2,1-2H3,(H,21,26)/t14-/m1/s1. The topological polar surface area (TPSA) is 81.9 Å². The van der Waals surface area contributed by atoms with Crippen LogP contribution < -0.4 is 10.1 Å². The number of carbonyl (C=O) groups excluding carboxylic acids is 1. The Balaban J connectivity index is 1.78. The molecule has 0 aliphatic carbocycles. The van der Waals surface area contributed by atoms with Crippen LogP contribution in [-0.2, 0) is 4.79 Å². The Morgan fingerprint density at radius 3 is 2.67 bits per heavy atom. The molecule has 1 aliphatic heterocycles. The summed E-state index contributed by atoms with van der Waals surface area (Å²) in [6, 6.07) is 11.2. The summed E-state index contributed by atoms with van der Waals surface area (Å²) >= 11 is 5.83. The Morgan fingerprint density at radius 2 is 2.00 bits per heavy atom. The number of nitrogens with one attached hydrogen (secondary N) is 1. The molecule has 8 heteroatoms. The molecule has 0 bridgehead atoms. The molecule has 0 fully saturated rings. The van der Waals surface area contributed by atoms with Crippen molar-refractivity contribution >= 4 is 23.3 Å². The molecular weight excluding hydrogens is 366 g/mol. The normalized spacial score (nSPS) is 16.0. The monoisotopic (exact) mass is 383 g/mol. The van der Waals surface area contributed by atoms with Crippen LogP contribution in [0, 0.1) is 6.92 Å². The fourth-order valence-corrected chi connectivity index (χ4v) is 3.48. The van der Waals surface area contributed by atoms with Crippen LogP contribution in [0.25, 0.3) is 5.82 Å². The lowest BCUT2D eigenvalue weighted by Crippen LogP contribution is -2.25. The highest BCUT2D eigenvalue weighted by molar-refractivity contribution is 6.29. The van der Waals surface area contributed by atoms with E-state index in [4.69, 9.17) is 16.3 Å². The SMILES string of the molecule is CCOc1ccc([C@H]2CC(=O)Nc3c2c(C)nn3-c2ccc(Cl)nn2)cc1. The van der Waals surface area contributed by atoms with Gasteiger partial charge in [-0.3, -0.25) is 4.79 Å². The average Bonchev–Trinajstić information content (AvgIpc) is 2.99. The van der Waals surface area contributed by atoms with E-state index in [9.17, 15) is 4.79 Å². The third-order valence-electron chi connectivity index (χ3n) is 4.53. The molecule has 7 nitrogen and oxygen atoms in total. The number of hydrogen-bond donors (Lipinski definition) is 1. The Labute approximate surface area is 161 Å². The van der Waals surface area contributed by atoms with Gasteiger partial charge in [0.15, 0.2) is 11.0 Å². The molecule has 1 aliphatic rings. The zero-order chi connectivity index (χ0) is 19.0. The van der Waals surface area contributed by atoms with E-state index in [0.29, 0.717) is 29.8 Å². The Morgan fingerprint density at radius 1 is 1.22 bits per heavy atom. The van der Waals surface area contributed by atoms with Gasteiger partial charge in [0.1, 0.15) is 11.6 Å². The molecule has 27 heavy (non-hydrogen) atoms. The molecule has 4 rings (SSSR count). The van der Waals surface area contributed by atoms with Crippen LogP contribution in [0.2, 0.25) is 5.15 Å². The van der Waals surface area contributed by atoms with E-state index in [0.717, 1.165) is 22.6 Å². The van der Waals surface area contributed by atoms with Crippen LogP contribution in [0.3, 0.4) is 0 Å². The minimum absolute atomic E-state index is 0.0653. The number of hydrogen-bond acceptors (Lipinski definition) is 5. The first-order valence-corrected chi connectivity index (χ1v) is 9.06. The largest absolute Gasteiger partial charge is 0.494 e. The van der Waals surface area contributed by atoms with Crippen molar-refractivity contribution in [2.24, 2.45) is 0 Å². The van der Waals surface area contributed by atoms with Gasteiger partial charge in [0, 0.05) is 17.9 Å². The van der Waals surface area contributed by atoms with Gasteiger partial charge in [0.25, 0.3) is 0 Å². The molecule has 2 aromatic heterocycles. The smallest absolute Gasteiger partial charge is 0.226 e. The number of halogens is 1. The molecule has 138 valence electrons. The first-order valence-electron chi connectivity index (χ1n) is 8.68. The van der Waals surface area contributed by atoms with Crippen molar-refractivity contribution in [3.8, 4) is 11.6 Å². The van der Waals surface area contributed by atoms with Gasteiger partial charge in [0.05, 0.1) is 12.3 Å². The number of fused-ring (bicyclic) bond motifs is 1. The number of ether oxygens (including phenoxy) is 1. The van der Waals surface area contributed by atoms with E-state index in [1.807, 2.05) is 38.1 Å². The van der Waals surface area contributed by atoms with Crippen molar-refractivity contribution in [3.63, 3.8) is 0 Å². The van der Waals surface area contributed by atoms with Crippen LogP contribution in [0.1, 0.15) is 36.1 Å². The minimum atomic E-state index is -0.0848. The lowest BCUT2D eigenvalue weighted by Gasteiger charge is -2.24. The molecule has 1 atom stereocenters. The first-order chi connectivity index (χ1) is 13.1. The second-order valence-corrected chi connectivity index (χ2v) is 6.67. The van der Waals surface area contributed by atoms with Crippen molar-refractivity contribution in [2.75, 3.05) is 11.9 Å². The fraction of sp³-hybridized carbons (Fsp3) is 0.263. The lowest BCUT2D eigenvalue weighted by atomic mass is 9.86. The molecule has 3 aromatic rings. The maximum absolute atomic E-state index is 12.4. The number of aryl methyl sites for hydroxylation is 1. The highest BCUT2D eigenvalue weighted by atomic mass is 35.5. The fourth-order valence-electron chi connectivity index (χ4n) is 3.38. The Kier molecular flexibility index (Phi) is 4.53. The summed E-state index contributed by atoms with van der Waals surface area (Å²) in [5, 5.41) is 15.8. The van der Waals surface area contributed by atoms with Crippen molar-refractivity contribution in [1.82, 2.24) is 20.0 Å². The molecule has 0 saturated carbocycles. The molecule has 1 N–H and O–H groups in total. The first kappa shape index (κ1) is 17.5. The number of nitrogens with zero attached hydrogens (tertiary/aromatic N) is 4. The van der Waals surface area contributed by atoms with Gasteiger partial charge in [-0.05, 0) is 43.7 Å². The molecule has 0 saturated heterocycles. The molecule has 0 unspecified atom stereocenters. The maximum atomic E-state index is 12.4. The predicted molar refractivity (Wildman–Crippen MR) is 102 cm³/mol. The highest BCUT2D eigenvalue weighted by Crippen LogP contribution is 2.40. The number of anilines is 1. The van der Waals surface area contributed by atoms with Gasteiger partial charge in [-0.1, -0.05) is 23.7 Å². The average molecular weight is 384 g/mol. The van der Waals surface area contributed by atoms with Crippen molar-refractivity contribution in [1.29, 1.82) is 0 Å². The maximum Gasteiger partial charge on any atom is 0.226 e. The molecule has 3 heterocycles. The predicted octanol–water partition coefficient (Wildman–Crippen LogP) is 3.50. The van der Waals surface area contributed by atoms with Crippen molar-refractivity contribution < 1.29 is 9.53 Å². The minimum Gasteiger partial charge on any atom is -0.494 e. The summed E-state index contributed by atoms with van der Waals surface area (Å²) in [6.45, 7) is 4.49. The third-order valence-corrected chi connectivity index (χ3v) is 4.73. The Hall–Kier alpha value is -2.93. The van der Waals surface area contributed by atoms with Gasteiger partial charge in [0.2, 0.25) is 5.91 Å². The number of rotatable bonds is 4. The zero-order valence-corrected chi connectivity index (χ0v) is 15.7. The van der Waals surface area contributed by atoms with Crippen LogP contribution in [0.4, 0.5) is 5.82 Å². The van der Waals surface area contributed by atoms with Gasteiger partial charge >= 0.3 is 0 Å². The van der Waals surface area contributed by atoms with Crippen LogP contribution in [0.5, 0.6) is 5.75 Å². The van der Waals surface area contributed by atoms with Crippen molar-refractivity contribution in [3.05, 3.63) is 58.4 Å². The van der Waals surface area contributed by atoms with E-state index in [-0.39, 0.29) is 11.8 Å². The van der Waals surface area contributed by atoms with E-state index in [2.05, 4.69) is 20.6 Å². The summed E-state index contributed by atoms with van der Waals surface area (Å²) in [5.74, 6) is 1.78. The number of amides is 1. The molecule has 1 amide bonds. The summed E-state index contributed by atoms with van der Waals surface area (Å²) in [5.41, 5.74) is 2.86. The van der Waals surface area contributed by atoms with E-state index in [1.165, 1.54) is 0 Å². The number of carbonyl (C=O) groups is 1. The van der Waals surface area contributed by atoms with Gasteiger partial charge < -0.3 is 10.1 Å². The van der Waals surface area contributed by atoms with E-state index >= 15 is 0 Å². The lowest BCUT2D eigenvalue weighted by molar-refractivity contribution is -0.116. The number of benzene rings is 1. The second-order valence-electron chi connectivity index (χ2n) is 6.28. The van der Waals surface area contributed by atoms with Crippen LogP contribution >= 0.6 is 11.6 Å². The second kappa shape index (κ2) is 7.00. The van der Waals surface area contributed by atoms with E-state index in [1.54, 1.807) is 16.8 Å². The number of aromatic nitrogens is 4. The summed E-state index contributed by atoms with van der Waals surface area (Å²) in [4.78, 5) is 12.4. The third kappa shape index (κ3) is 3.26. The molecule has 1 aromatic carbocycles. The van der Waals surface area contributed by atoms with E-state index < -0.39 is 0 Å². The van der Waals surface area contributed by atoms with Crippen LogP contribution in [-0.4, -0.2) is 32.5 Å². The quantitative estimate of drug-likeness (QED) is 0.745. The Bertz CT molecular complexity index is 983. The van der Waals surface area contributed by atoms with Crippen molar-refractivity contribution in [2.45, 2.75) is 26.2 Å². The van der Waals surface area contributed by atoms with Gasteiger partial charge in [-0.25, -0.2) is 0 Å². The summed E-state index contributed by atoms with van der Waals surface area (Å²) in [6.07, 6.45) is 0.361. The molecule has 0 radical (unpaired) electrons. The van der Waals surface area contributed by atoms with Gasteiger partial charge in [-0.2, -0.15) is 9.78 Å².